The molecule has 3 rings (SSSR count). The lowest BCUT2D eigenvalue weighted by Crippen LogP contribution is -2.32. The van der Waals surface area contributed by atoms with E-state index >= 15 is 0 Å². The van der Waals surface area contributed by atoms with Crippen molar-refractivity contribution < 1.29 is 9.90 Å². The maximum Gasteiger partial charge on any atom is 0.407 e. The molecule has 0 bridgehead atoms. The van der Waals surface area contributed by atoms with Gasteiger partial charge in [0.25, 0.3) is 0 Å². The maximum atomic E-state index is 10.9. The van der Waals surface area contributed by atoms with Gasteiger partial charge < -0.3 is 14.9 Å². The highest BCUT2D eigenvalue weighted by Crippen LogP contribution is 2.34. The predicted octanol–water partition coefficient (Wildman–Crippen LogP) is 1.89. The van der Waals surface area contributed by atoms with Crippen molar-refractivity contribution in [1.29, 1.82) is 0 Å². The van der Waals surface area contributed by atoms with Crippen molar-refractivity contribution in [3.05, 3.63) is 22.9 Å². The van der Waals surface area contributed by atoms with Crippen LogP contribution in [-0.2, 0) is 0 Å². The number of pyridine rings is 1. The van der Waals surface area contributed by atoms with Gasteiger partial charge in [-0.15, -0.1) is 0 Å². The van der Waals surface area contributed by atoms with Gasteiger partial charge in [-0.3, -0.25) is 4.98 Å². The van der Waals surface area contributed by atoms with Gasteiger partial charge in [-0.2, -0.15) is 0 Å². The molecule has 96 valence electrons. The van der Waals surface area contributed by atoms with E-state index in [9.17, 15) is 4.79 Å². The molecule has 18 heavy (non-hydrogen) atoms. The summed E-state index contributed by atoms with van der Waals surface area (Å²) in [6, 6.07) is 2.06. The van der Waals surface area contributed by atoms with E-state index in [2.05, 4.69) is 31.9 Å². The molecule has 2 saturated heterocycles. The van der Waals surface area contributed by atoms with Crippen LogP contribution in [0.1, 0.15) is 0 Å². The number of carbonyl (C=O) groups is 1. The van der Waals surface area contributed by atoms with Crippen molar-refractivity contribution in [2.24, 2.45) is 11.8 Å². The second-order valence-electron chi connectivity index (χ2n) is 4.97. The van der Waals surface area contributed by atoms with Crippen LogP contribution in [-0.4, -0.2) is 47.3 Å². The molecule has 0 aromatic carbocycles. The second-order valence-corrected chi connectivity index (χ2v) is 5.89. The quantitative estimate of drug-likeness (QED) is 0.860. The molecule has 2 unspecified atom stereocenters. The largest absolute Gasteiger partial charge is 0.465 e. The second kappa shape index (κ2) is 4.42. The van der Waals surface area contributed by atoms with Gasteiger partial charge in [-0.1, -0.05) is 0 Å². The first-order valence-corrected chi connectivity index (χ1v) is 6.76. The van der Waals surface area contributed by atoms with Gasteiger partial charge >= 0.3 is 6.09 Å². The van der Waals surface area contributed by atoms with E-state index < -0.39 is 6.09 Å². The van der Waals surface area contributed by atoms with Crippen molar-refractivity contribution in [3.63, 3.8) is 0 Å². The fourth-order valence-electron chi connectivity index (χ4n) is 2.93. The van der Waals surface area contributed by atoms with E-state index in [1.807, 2.05) is 6.20 Å². The SMILES string of the molecule is O=C(O)N1CC2CN(c3cncc(Br)c3)CC2C1. The maximum absolute atomic E-state index is 10.9. The molecule has 1 aromatic rings. The van der Waals surface area contributed by atoms with E-state index in [4.69, 9.17) is 5.11 Å². The van der Waals surface area contributed by atoms with Gasteiger partial charge in [-0.05, 0) is 22.0 Å². The van der Waals surface area contributed by atoms with Crippen molar-refractivity contribution >= 4 is 27.7 Å². The van der Waals surface area contributed by atoms with E-state index in [0.717, 1.165) is 23.2 Å². The first kappa shape index (κ1) is 11.8. The molecule has 1 amide bonds. The molecule has 1 N–H and O–H groups in total. The molecule has 3 heterocycles. The number of halogens is 1. The first-order chi connectivity index (χ1) is 8.63. The Morgan fingerprint density at radius 1 is 1.28 bits per heavy atom. The van der Waals surface area contributed by atoms with Crippen LogP contribution in [0.5, 0.6) is 0 Å². The summed E-state index contributed by atoms with van der Waals surface area (Å²) in [6.07, 6.45) is 2.84. The molecule has 1 aromatic heterocycles. The number of likely N-dealkylation sites (tertiary alicyclic amines) is 1. The summed E-state index contributed by atoms with van der Waals surface area (Å²) in [6.45, 7) is 3.18. The highest BCUT2D eigenvalue weighted by molar-refractivity contribution is 9.10. The third kappa shape index (κ3) is 2.05. The minimum absolute atomic E-state index is 0.458. The van der Waals surface area contributed by atoms with E-state index in [1.165, 1.54) is 4.90 Å². The van der Waals surface area contributed by atoms with E-state index in [1.54, 1.807) is 6.20 Å². The minimum Gasteiger partial charge on any atom is -0.465 e. The Balaban J connectivity index is 1.70. The summed E-state index contributed by atoms with van der Waals surface area (Å²) in [5.74, 6) is 0.917. The molecule has 2 aliphatic heterocycles. The standard InChI is InChI=1S/C12H14BrN3O2/c13-10-1-11(3-14-2-10)15-4-8-6-16(12(17)18)7-9(8)5-15/h1-3,8-9H,4-7H2,(H,17,18). The number of carboxylic acid groups (broad SMARTS) is 1. The number of hydrogen-bond donors (Lipinski definition) is 1. The average Bonchev–Trinajstić information content (AvgIpc) is 2.86. The molecular weight excluding hydrogens is 298 g/mol. The summed E-state index contributed by atoms with van der Waals surface area (Å²) in [5, 5.41) is 8.98. The van der Waals surface area contributed by atoms with Gasteiger partial charge in [0.05, 0.1) is 11.9 Å². The Bertz CT molecular complexity index is 468. The monoisotopic (exact) mass is 311 g/mol. The molecular formula is C12H14BrN3O2. The van der Waals surface area contributed by atoms with Crippen LogP contribution in [0.25, 0.3) is 0 Å². The smallest absolute Gasteiger partial charge is 0.407 e. The first-order valence-electron chi connectivity index (χ1n) is 5.97. The Labute approximate surface area is 114 Å². The number of aromatic nitrogens is 1. The average molecular weight is 312 g/mol. The number of anilines is 1. The van der Waals surface area contributed by atoms with Crippen molar-refractivity contribution in [2.75, 3.05) is 31.1 Å². The van der Waals surface area contributed by atoms with Crippen LogP contribution in [0, 0.1) is 11.8 Å². The molecule has 2 aliphatic rings. The number of hydrogen-bond acceptors (Lipinski definition) is 3. The van der Waals surface area contributed by atoms with Crippen molar-refractivity contribution in [1.82, 2.24) is 9.88 Å². The van der Waals surface area contributed by atoms with Gasteiger partial charge in [0, 0.05) is 48.7 Å². The Morgan fingerprint density at radius 2 is 1.94 bits per heavy atom. The number of amides is 1. The molecule has 0 spiro atoms. The predicted molar refractivity (Wildman–Crippen MR) is 70.7 cm³/mol. The fourth-order valence-corrected chi connectivity index (χ4v) is 3.29. The number of rotatable bonds is 1. The molecule has 0 radical (unpaired) electrons. The van der Waals surface area contributed by atoms with Crippen LogP contribution in [0.3, 0.4) is 0 Å². The molecule has 5 nitrogen and oxygen atoms in total. The molecule has 2 fully saturated rings. The molecule has 2 atom stereocenters. The molecule has 0 saturated carbocycles. The van der Waals surface area contributed by atoms with Crippen LogP contribution < -0.4 is 4.90 Å². The highest BCUT2D eigenvalue weighted by Gasteiger charge is 2.41. The van der Waals surface area contributed by atoms with Gasteiger partial charge in [-0.25, -0.2) is 4.79 Å². The zero-order valence-electron chi connectivity index (χ0n) is 9.79. The summed E-state index contributed by atoms with van der Waals surface area (Å²) < 4.78 is 0.976. The Morgan fingerprint density at radius 3 is 2.50 bits per heavy atom. The zero-order chi connectivity index (χ0) is 12.7. The van der Waals surface area contributed by atoms with Gasteiger partial charge in [0.15, 0.2) is 0 Å². The summed E-state index contributed by atoms with van der Waals surface area (Å²) in [4.78, 5) is 18.9. The Kier molecular flexibility index (Phi) is 2.89. The van der Waals surface area contributed by atoms with Gasteiger partial charge in [0.2, 0.25) is 0 Å². The third-order valence-electron chi connectivity index (χ3n) is 3.81. The van der Waals surface area contributed by atoms with Crippen molar-refractivity contribution in [3.8, 4) is 0 Å². The third-order valence-corrected chi connectivity index (χ3v) is 4.25. The Hall–Kier alpha value is -1.30. The summed E-state index contributed by atoms with van der Waals surface area (Å²) in [7, 11) is 0. The van der Waals surface area contributed by atoms with Crippen LogP contribution in [0.4, 0.5) is 10.5 Å². The van der Waals surface area contributed by atoms with E-state index in [-0.39, 0.29) is 0 Å². The highest BCUT2D eigenvalue weighted by atomic mass is 79.9. The lowest BCUT2D eigenvalue weighted by Gasteiger charge is -2.21. The number of fused-ring (bicyclic) bond motifs is 1. The summed E-state index contributed by atoms with van der Waals surface area (Å²) >= 11 is 3.42. The van der Waals surface area contributed by atoms with Gasteiger partial charge in [0.1, 0.15) is 0 Å². The van der Waals surface area contributed by atoms with Crippen LogP contribution in [0.2, 0.25) is 0 Å². The minimum atomic E-state index is -0.792. The van der Waals surface area contributed by atoms with Crippen molar-refractivity contribution in [2.45, 2.75) is 0 Å². The number of nitrogens with zero attached hydrogens (tertiary/aromatic N) is 3. The normalized spacial score (nSPS) is 26.5. The summed E-state index contributed by atoms with van der Waals surface area (Å²) in [5.41, 5.74) is 1.11. The van der Waals surface area contributed by atoms with E-state index in [0.29, 0.717) is 24.9 Å². The fraction of sp³-hybridized carbons (Fsp3) is 0.500. The lowest BCUT2D eigenvalue weighted by atomic mass is 10.0. The molecule has 6 heteroatoms. The molecule has 0 aliphatic carbocycles. The van der Waals surface area contributed by atoms with Crippen LogP contribution >= 0.6 is 15.9 Å². The topological polar surface area (TPSA) is 56.7 Å². The lowest BCUT2D eigenvalue weighted by molar-refractivity contribution is 0.153. The zero-order valence-corrected chi connectivity index (χ0v) is 11.4. The van der Waals surface area contributed by atoms with Crippen LogP contribution in [0.15, 0.2) is 22.9 Å².